The molecule has 0 bridgehead atoms. The zero-order valence-corrected chi connectivity index (χ0v) is 58.6. The number of nitrogens with one attached hydrogen (secondary N) is 10. The molecule has 110 heavy (non-hydrogen) atoms. The number of phenolic OH excluding ortho intramolecular Hbond substituents is 1. The van der Waals surface area contributed by atoms with Crippen LogP contribution >= 0.6 is 0 Å². The number of rotatable bonds is 21. The molecule has 10 aromatic carbocycles. The normalized spacial score (nSPS) is 10.5. The van der Waals surface area contributed by atoms with Crippen molar-refractivity contribution in [3.63, 3.8) is 0 Å². The highest BCUT2D eigenvalue weighted by Crippen LogP contribution is 2.31. The lowest BCUT2D eigenvalue weighted by molar-refractivity contribution is 0.0598. The number of aromatic amines is 5. The number of hydrogen-bond donors (Lipinski definition) is 15. The molecule has 5 heterocycles. The summed E-state index contributed by atoms with van der Waals surface area (Å²) in [7, 11) is 2.97. The number of aromatic hydroxyl groups is 1. The van der Waals surface area contributed by atoms with E-state index in [1.807, 2.05) is 84.9 Å². The van der Waals surface area contributed by atoms with E-state index in [4.69, 9.17) is 29.9 Å². The fourth-order valence-corrected chi connectivity index (χ4v) is 11.0. The van der Waals surface area contributed by atoms with Crippen LogP contribution in [-0.2, 0) is 4.74 Å². The van der Waals surface area contributed by atoms with Crippen LogP contribution in [0.5, 0.6) is 11.5 Å². The smallest absolute Gasteiger partial charge is 0.337 e. The van der Waals surface area contributed by atoms with Gasteiger partial charge in [-0.05, 0) is 188 Å². The molecule has 0 aliphatic carbocycles. The lowest BCUT2D eigenvalue weighted by Crippen LogP contribution is -2.01. The van der Waals surface area contributed by atoms with E-state index in [-0.39, 0.29) is 39.8 Å². The number of methoxy groups -OCH3 is 2. The number of benzene rings is 10. The van der Waals surface area contributed by atoms with E-state index >= 15 is 0 Å². The first-order valence-corrected chi connectivity index (χ1v) is 33.0. The van der Waals surface area contributed by atoms with Gasteiger partial charge in [-0.2, -0.15) is 25.5 Å². The van der Waals surface area contributed by atoms with Gasteiger partial charge < -0.3 is 61.6 Å². The number of esters is 1. The molecule has 0 unspecified atom stereocenters. The molecule has 0 aliphatic heterocycles. The maximum absolute atomic E-state index is 12.9. The van der Waals surface area contributed by atoms with Crippen LogP contribution in [0.2, 0.25) is 0 Å². The minimum Gasteiger partial charge on any atom is -0.508 e. The SMILES string of the molecule is C=C(Nc1ccc(F)cc1)c1n[nH]c2ccc(C(=O)O)cc12.C=C(Nc1ccc(O)cc1)c1n[nH]c2ccc(C(=O)O)cc12.C=C(Nc1ccc(OC)cc1)c1n[nH]c2ccc(C(=O)O)cc12.C=C(Nc1ccccc1)c1n[nH]c2ccc(C(=O)O)cc12.C=C(Nc1ccccc1)c1n[nH]c2ccc(C(=O)OC)cc12. The van der Waals surface area contributed by atoms with Gasteiger partial charge in [0.1, 0.15) is 45.8 Å². The molecule has 28 heteroatoms. The molecule has 0 saturated heterocycles. The molecule has 550 valence electrons. The van der Waals surface area contributed by atoms with Gasteiger partial charge in [-0.3, -0.25) is 25.5 Å². The first kappa shape index (κ1) is 75.3. The van der Waals surface area contributed by atoms with Crippen LogP contribution < -0.4 is 31.3 Å². The van der Waals surface area contributed by atoms with Crippen LogP contribution in [0.3, 0.4) is 0 Å². The predicted octanol–water partition coefficient (Wildman–Crippen LogP) is 16.7. The molecule has 15 rings (SSSR count). The van der Waals surface area contributed by atoms with Crippen molar-refractivity contribution < 1.29 is 63.4 Å². The van der Waals surface area contributed by atoms with E-state index in [9.17, 15) is 33.5 Å². The number of halogens is 1. The van der Waals surface area contributed by atoms with Gasteiger partial charge in [-0.25, -0.2) is 28.4 Å². The van der Waals surface area contributed by atoms with Crippen LogP contribution in [0.1, 0.15) is 80.3 Å². The van der Waals surface area contributed by atoms with Crippen molar-refractivity contribution in [3.05, 3.63) is 319 Å². The molecule has 0 saturated carbocycles. The van der Waals surface area contributed by atoms with Crippen molar-refractivity contribution in [3.8, 4) is 11.5 Å². The van der Waals surface area contributed by atoms with Crippen LogP contribution in [-0.4, -0.2) is 121 Å². The maximum atomic E-state index is 12.9. The number of anilines is 5. The zero-order chi connectivity index (χ0) is 78.1. The second-order valence-corrected chi connectivity index (χ2v) is 23.9. The summed E-state index contributed by atoms with van der Waals surface area (Å²) in [6.07, 6.45) is 0. The lowest BCUT2D eigenvalue weighted by atomic mass is 10.1. The van der Waals surface area contributed by atoms with E-state index in [0.29, 0.717) is 89.9 Å². The quantitative estimate of drug-likeness (QED) is 0.0235. The maximum Gasteiger partial charge on any atom is 0.337 e. The second kappa shape index (κ2) is 34.2. The van der Waals surface area contributed by atoms with Gasteiger partial charge in [0.25, 0.3) is 0 Å². The molecule has 0 spiro atoms. The summed E-state index contributed by atoms with van der Waals surface area (Å²) in [5.41, 5.74) is 14.9. The number of aromatic carboxylic acids is 4. The van der Waals surface area contributed by atoms with E-state index in [1.165, 1.54) is 43.5 Å². The number of carboxylic acid groups (broad SMARTS) is 4. The monoisotopic (exact) mass is 1470 g/mol. The Kier molecular flexibility index (Phi) is 23.4. The third-order valence-electron chi connectivity index (χ3n) is 16.5. The molecule has 15 aromatic rings. The number of para-hydroxylation sites is 2. The summed E-state index contributed by atoms with van der Waals surface area (Å²) in [4.78, 5) is 56.0. The van der Waals surface area contributed by atoms with Crippen molar-refractivity contribution in [2.45, 2.75) is 0 Å². The zero-order valence-electron chi connectivity index (χ0n) is 58.6. The fraction of sp³-hybridized carbons (Fsp3) is 0.0244. The average Bonchev–Trinajstić information content (AvgIpc) is 1.67. The molecule has 0 aliphatic rings. The predicted molar refractivity (Wildman–Crippen MR) is 423 cm³/mol. The second-order valence-electron chi connectivity index (χ2n) is 23.9. The van der Waals surface area contributed by atoms with Gasteiger partial charge in [0.2, 0.25) is 0 Å². The highest BCUT2D eigenvalue weighted by Gasteiger charge is 2.19. The van der Waals surface area contributed by atoms with E-state index < -0.39 is 23.9 Å². The van der Waals surface area contributed by atoms with Gasteiger partial charge in [0.15, 0.2) is 0 Å². The van der Waals surface area contributed by atoms with Crippen LogP contribution in [0.25, 0.3) is 83.0 Å². The number of hydrogen-bond acceptors (Lipinski definition) is 18. The summed E-state index contributed by atoms with van der Waals surface area (Å²) in [6.45, 7) is 19.8. The van der Waals surface area contributed by atoms with Crippen molar-refractivity contribution >= 4 is 141 Å². The Morgan fingerprint density at radius 2 is 0.582 bits per heavy atom. The molecule has 5 aromatic heterocycles. The van der Waals surface area contributed by atoms with Crippen LogP contribution in [0.4, 0.5) is 32.8 Å². The first-order valence-electron chi connectivity index (χ1n) is 33.0. The summed E-state index contributed by atoms with van der Waals surface area (Å²) >= 11 is 0. The number of aromatic nitrogens is 10. The van der Waals surface area contributed by atoms with Crippen molar-refractivity contribution in [1.82, 2.24) is 51.0 Å². The van der Waals surface area contributed by atoms with Crippen molar-refractivity contribution in [2.75, 3.05) is 40.8 Å². The van der Waals surface area contributed by atoms with E-state index in [2.05, 4.69) is 110 Å². The van der Waals surface area contributed by atoms with Gasteiger partial charge in [0, 0.05) is 55.4 Å². The number of H-pyrrole nitrogens is 5. The average molecular weight is 1470 g/mol. The molecule has 0 radical (unpaired) electrons. The summed E-state index contributed by atoms with van der Waals surface area (Å²) < 4.78 is 22.8. The summed E-state index contributed by atoms with van der Waals surface area (Å²) in [5.74, 6) is -3.72. The molecular formula is C82H68FN15O12. The number of ether oxygens (including phenoxy) is 2. The minimum absolute atomic E-state index is 0.171. The Bertz CT molecular complexity index is 5820. The van der Waals surface area contributed by atoms with Gasteiger partial charge in [0.05, 0.1) is 98.1 Å². The topological polar surface area (TPSA) is 409 Å². The third-order valence-corrected chi connectivity index (χ3v) is 16.5. The number of carboxylic acids is 4. The number of phenols is 1. The van der Waals surface area contributed by atoms with Crippen LogP contribution in [0.15, 0.2) is 257 Å². The van der Waals surface area contributed by atoms with E-state index in [1.54, 1.807) is 110 Å². The third kappa shape index (κ3) is 18.4. The Hall–Kier alpha value is -15.9. The Morgan fingerprint density at radius 3 is 0.845 bits per heavy atom. The van der Waals surface area contributed by atoms with Crippen molar-refractivity contribution in [1.29, 1.82) is 0 Å². The minimum atomic E-state index is -1.01. The molecular weight excluding hydrogens is 1410 g/mol. The number of nitrogens with zero attached hydrogens (tertiary/aromatic N) is 5. The highest BCUT2D eigenvalue weighted by atomic mass is 19.1. The molecule has 27 nitrogen and oxygen atoms in total. The van der Waals surface area contributed by atoms with E-state index in [0.717, 1.165) is 61.3 Å². The standard InChI is InChI=1S/C17H15N3O3.C17H15N3O2.C16H12FN3O2.C16H13N3O3.C16H13N3O2/c1-10(18-12-4-6-13(23-2)7-5-12)16-14-9-11(17(21)22)3-8-15(14)19-20-16;1-11(18-13-6-4-3-5-7-13)16-14-10-12(17(21)22-2)8-9-15(14)19-20-16;1-9(18-12-5-3-11(17)4-6-12)15-13-8-10(16(21)22)2-7-14(13)19-20-15;1-9(17-11-3-5-12(20)6-4-11)15-13-8-10(16(21)22)2-7-14(13)18-19-15;1-10(17-12-5-3-2-4-6-12)15-13-9-11(16(20)21)7-8-14(13)18-19-15/h3-9,18H,1H2,2H3,(H,19,20)(H,21,22);3-10,18H,1H2,2H3,(H,19,20);2-8,18H,1H2,(H,19,20)(H,21,22);2-8,17,20H,1H2,(H,18,19)(H,21,22);2-9,17H,1H2,(H,18,19)(H,20,21). The van der Waals surface area contributed by atoms with Gasteiger partial charge >= 0.3 is 29.8 Å². The van der Waals surface area contributed by atoms with Crippen molar-refractivity contribution in [2.24, 2.45) is 0 Å². The number of carbonyl (C=O) groups is 5. The number of fused-ring (bicyclic) bond motifs is 5. The molecule has 0 amide bonds. The van der Waals surface area contributed by atoms with Gasteiger partial charge in [-0.15, -0.1) is 0 Å². The summed E-state index contributed by atoms with van der Waals surface area (Å²) in [5, 5.41) is 100. The molecule has 0 atom stereocenters. The Labute approximate surface area is 624 Å². The molecule has 15 N–H and O–H groups in total. The van der Waals surface area contributed by atoms with Gasteiger partial charge in [-0.1, -0.05) is 69.3 Å². The van der Waals surface area contributed by atoms with Crippen LogP contribution in [0, 0.1) is 5.82 Å². The lowest BCUT2D eigenvalue weighted by Gasteiger charge is -2.08. The first-order chi connectivity index (χ1) is 53.0. The largest absolute Gasteiger partial charge is 0.508 e. The highest BCUT2D eigenvalue weighted by molar-refractivity contribution is 6.03. The Morgan fingerprint density at radius 1 is 0.336 bits per heavy atom. The fourth-order valence-electron chi connectivity index (χ4n) is 11.0. The Balaban J connectivity index is 0.000000136. The molecule has 0 fully saturated rings. The number of carbonyl (C=O) groups excluding carboxylic acids is 1. The summed E-state index contributed by atoms with van der Waals surface area (Å²) in [6, 6.07) is 63.4.